The lowest BCUT2D eigenvalue weighted by atomic mass is 10.3. The molecule has 5 nitrogen and oxygen atoms in total. The Balaban J connectivity index is 1.78. The van der Waals surface area contributed by atoms with Crippen LogP contribution in [0.4, 0.5) is 0 Å². The molecule has 0 amide bonds. The van der Waals surface area contributed by atoms with Crippen LogP contribution in [0.5, 0.6) is 11.5 Å². The molecule has 1 aromatic heterocycles. The third-order valence-electron chi connectivity index (χ3n) is 2.51. The highest BCUT2D eigenvalue weighted by Gasteiger charge is 2.04. The minimum absolute atomic E-state index is 0.0385. The van der Waals surface area contributed by atoms with Crippen LogP contribution in [-0.4, -0.2) is 28.7 Å². The Kier molecular flexibility index (Phi) is 4.55. The zero-order valence-electron chi connectivity index (χ0n) is 10.8. The first-order valence-electron chi connectivity index (χ1n) is 6.16. The minimum Gasteiger partial charge on any atom is -0.494 e. The third-order valence-corrected chi connectivity index (χ3v) is 2.51. The molecule has 2 aromatic rings. The number of hydrogen-bond acceptors (Lipinski definition) is 4. The van der Waals surface area contributed by atoms with E-state index in [-0.39, 0.29) is 5.91 Å². The van der Waals surface area contributed by atoms with Crippen LogP contribution >= 0.6 is 0 Å². The second-order valence-electron chi connectivity index (χ2n) is 3.87. The molecule has 0 aliphatic carbocycles. The molecule has 0 fully saturated rings. The lowest BCUT2D eigenvalue weighted by Gasteiger charge is -2.07. The molecule has 100 valence electrons. The first kappa shape index (κ1) is 13.1. The van der Waals surface area contributed by atoms with Crippen molar-refractivity contribution in [3.8, 4) is 11.5 Å². The van der Waals surface area contributed by atoms with Gasteiger partial charge in [-0.25, -0.2) is 4.98 Å². The molecule has 0 spiro atoms. The van der Waals surface area contributed by atoms with Crippen molar-refractivity contribution in [1.29, 1.82) is 0 Å². The van der Waals surface area contributed by atoms with Crippen LogP contribution in [-0.2, 0) is 0 Å². The van der Waals surface area contributed by atoms with Gasteiger partial charge >= 0.3 is 0 Å². The summed E-state index contributed by atoms with van der Waals surface area (Å²) in [5.74, 6) is 1.50. The molecular formula is C14H16N2O3. The summed E-state index contributed by atoms with van der Waals surface area (Å²) in [7, 11) is 0. The summed E-state index contributed by atoms with van der Waals surface area (Å²) in [6.45, 7) is 2.91. The maximum absolute atomic E-state index is 11.7. The maximum Gasteiger partial charge on any atom is 0.235 e. The number of benzene rings is 1. The first-order valence-corrected chi connectivity index (χ1v) is 6.16. The Morgan fingerprint density at radius 2 is 1.89 bits per heavy atom. The number of imidazole rings is 1. The van der Waals surface area contributed by atoms with Crippen molar-refractivity contribution in [2.24, 2.45) is 0 Å². The Morgan fingerprint density at radius 3 is 2.47 bits per heavy atom. The van der Waals surface area contributed by atoms with Crippen molar-refractivity contribution in [3.05, 3.63) is 43.0 Å². The fraction of sp³-hybridized carbons (Fsp3) is 0.286. The molecule has 0 N–H and O–H groups in total. The molecule has 0 saturated carbocycles. The van der Waals surface area contributed by atoms with Crippen molar-refractivity contribution in [3.63, 3.8) is 0 Å². The molecule has 5 heteroatoms. The summed E-state index contributed by atoms with van der Waals surface area (Å²) in [5, 5.41) is 0. The number of hydrogen-bond donors (Lipinski definition) is 0. The van der Waals surface area contributed by atoms with Crippen molar-refractivity contribution in [1.82, 2.24) is 9.55 Å². The fourth-order valence-electron chi connectivity index (χ4n) is 1.59. The van der Waals surface area contributed by atoms with Gasteiger partial charge < -0.3 is 9.47 Å². The Bertz CT molecular complexity index is 506. The Morgan fingerprint density at radius 1 is 1.21 bits per heavy atom. The van der Waals surface area contributed by atoms with Crippen LogP contribution in [0.15, 0.2) is 43.0 Å². The second kappa shape index (κ2) is 6.58. The second-order valence-corrected chi connectivity index (χ2v) is 3.87. The Labute approximate surface area is 111 Å². The summed E-state index contributed by atoms with van der Waals surface area (Å²) >= 11 is 0. The number of aromatic nitrogens is 2. The average Bonchev–Trinajstić information content (AvgIpc) is 2.95. The van der Waals surface area contributed by atoms with E-state index in [4.69, 9.17) is 9.47 Å². The average molecular weight is 260 g/mol. The van der Waals surface area contributed by atoms with E-state index in [0.29, 0.717) is 19.6 Å². The van der Waals surface area contributed by atoms with Crippen LogP contribution in [0.1, 0.15) is 18.1 Å². The fourth-order valence-corrected chi connectivity index (χ4v) is 1.59. The SMILES string of the molecule is CCOc1ccc(OCCC(=O)n2ccnc2)cc1. The molecular weight excluding hydrogens is 244 g/mol. The van der Waals surface area contributed by atoms with Crippen LogP contribution < -0.4 is 9.47 Å². The lowest BCUT2D eigenvalue weighted by Crippen LogP contribution is -2.12. The predicted octanol–water partition coefficient (Wildman–Crippen LogP) is 2.39. The van der Waals surface area contributed by atoms with E-state index in [2.05, 4.69) is 4.98 Å². The lowest BCUT2D eigenvalue weighted by molar-refractivity contribution is 0.0881. The number of carbonyl (C=O) groups is 1. The van der Waals surface area contributed by atoms with Gasteiger partial charge in [-0.3, -0.25) is 9.36 Å². The topological polar surface area (TPSA) is 53.4 Å². The summed E-state index contributed by atoms with van der Waals surface area (Å²) in [6.07, 6.45) is 4.99. The van der Waals surface area contributed by atoms with Gasteiger partial charge in [0.05, 0.1) is 19.6 Å². The summed E-state index contributed by atoms with van der Waals surface area (Å²) in [4.78, 5) is 15.5. The number of carbonyl (C=O) groups excluding carboxylic acids is 1. The van der Waals surface area contributed by atoms with E-state index >= 15 is 0 Å². The highest BCUT2D eigenvalue weighted by atomic mass is 16.5. The van der Waals surface area contributed by atoms with E-state index in [1.165, 1.54) is 10.9 Å². The van der Waals surface area contributed by atoms with Crippen molar-refractivity contribution in [2.75, 3.05) is 13.2 Å². The van der Waals surface area contributed by atoms with E-state index in [1.807, 2.05) is 31.2 Å². The van der Waals surface area contributed by atoms with Crippen LogP contribution in [0.25, 0.3) is 0 Å². The normalized spacial score (nSPS) is 10.2. The predicted molar refractivity (Wildman–Crippen MR) is 70.6 cm³/mol. The van der Waals surface area contributed by atoms with Crippen LogP contribution in [0.3, 0.4) is 0 Å². The van der Waals surface area contributed by atoms with Gasteiger partial charge in [-0.05, 0) is 31.2 Å². The largest absolute Gasteiger partial charge is 0.494 e. The van der Waals surface area contributed by atoms with Gasteiger partial charge in [-0.1, -0.05) is 0 Å². The zero-order valence-corrected chi connectivity index (χ0v) is 10.8. The van der Waals surface area contributed by atoms with Gasteiger partial charge in [-0.15, -0.1) is 0 Å². The molecule has 0 radical (unpaired) electrons. The number of rotatable bonds is 6. The highest BCUT2D eigenvalue weighted by molar-refractivity contribution is 5.78. The smallest absolute Gasteiger partial charge is 0.235 e. The van der Waals surface area contributed by atoms with Gasteiger partial charge in [0.25, 0.3) is 0 Å². The molecule has 0 aliphatic rings. The summed E-state index contributed by atoms with van der Waals surface area (Å²) in [6, 6.07) is 7.34. The van der Waals surface area contributed by atoms with Gasteiger partial charge in [0, 0.05) is 12.4 Å². The van der Waals surface area contributed by atoms with E-state index in [0.717, 1.165) is 11.5 Å². The Hall–Kier alpha value is -2.30. The summed E-state index contributed by atoms with van der Waals surface area (Å²) in [5.41, 5.74) is 0. The van der Waals surface area contributed by atoms with E-state index < -0.39 is 0 Å². The molecule has 0 aliphatic heterocycles. The zero-order chi connectivity index (χ0) is 13.5. The number of ether oxygens (including phenoxy) is 2. The van der Waals surface area contributed by atoms with Gasteiger partial charge in [-0.2, -0.15) is 0 Å². The molecule has 2 rings (SSSR count). The van der Waals surface area contributed by atoms with Crippen molar-refractivity contribution >= 4 is 5.91 Å². The minimum atomic E-state index is -0.0385. The standard InChI is InChI=1S/C14H16N2O3/c1-2-18-12-3-5-13(6-4-12)19-10-7-14(17)16-9-8-15-11-16/h3-6,8-9,11H,2,7,10H2,1H3. The highest BCUT2D eigenvalue weighted by Crippen LogP contribution is 2.17. The molecule has 0 atom stereocenters. The molecule has 0 bridgehead atoms. The third kappa shape index (κ3) is 3.84. The van der Waals surface area contributed by atoms with E-state index in [9.17, 15) is 4.79 Å². The monoisotopic (exact) mass is 260 g/mol. The van der Waals surface area contributed by atoms with Crippen molar-refractivity contribution in [2.45, 2.75) is 13.3 Å². The molecule has 1 aromatic carbocycles. The molecule has 19 heavy (non-hydrogen) atoms. The van der Waals surface area contributed by atoms with Gasteiger partial charge in [0.1, 0.15) is 17.8 Å². The molecule has 0 saturated heterocycles. The number of nitrogens with zero attached hydrogens (tertiary/aromatic N) is 2. The van der Waals surface area contributed by atoms with Gasteiger partial charge in [0.2, 0.25) is 5.91 Å². The first-order chi connectivity index (χ1) is 9.29. The van der Waals surface area contributed by atoms with Crippen LogP contribution in [0, 0.1) is 0 Å². The van der Waals surface area contributed by atoms with E-state index in [1.54, 1.807) is 12.4 Å². The van der Waals surface area contributed by atoms with Crippen molar-refractivity contribution < 1.29 is 14.3 Å². The summed E-state index contributed by atoms with van der Waals surface area (Å²) < 4.78 is 12.3. The maximum atomic E-state index is 11.7. The van der Waals surface area contributed by atoms with Gasteiger partial charge in [0.15, 0.2) is 0 Å². The quantitative estimate of drug-likeness (QED) is 0.800. The molecule has 0 unspecified atom stereocenters. The molecule has 1 heterocycles. The van der Waals surface area contributed by atoms with Crippen LogP contribution in [0.2, 0.25) is 0 Å².